The minimum Gasteiger partial charge on any atom is -0.488 e. The minimum absolute atomic E-state index is 0.622. The van der Waals surface area contributed by atoms with Gasteiger partial charge < -0.3 is 9.47 Å². The van der Waals surface area contributed by atoms with Crippen LogP contribution in [0.15, 0.2) is 61.2 Å². The first-order chi connectivity index (χ1) is 17.8. The van der Waals surface area contributed by atoms with Gasteiger partial charge in [0, 0.05) is 35.9 Å². The summed E-state index contributed by atoms with van der Waals surface area (Å²) in [6.07, 6.45) is 16.1. The molecule has 0 aliphatic heterocycles. The van der Waals surface area contributed by atoms with E-state index in [0.29, 0.717) is 24.7 Å². The number of ether oxygens (including phenoxy) is 2. The minimum atomic E-state index is 0.622. The Hall–Kier alpha value is -3.76. The van der Waals surface area contributed by atoms with Crippen molar-refractivity contribution in [1.82, 2.24) is 9.97 Å². The van der Waals surface area contributed by atoms with Crippen molar-refractivity contribution in [2.75, 3.05) is 13.2 Å². The summed E-state index contributed by atoms with van der Waals surface area (Å²) in [5, 5.41) is 0. The van der Waals surface area contributed by atoms with Crippen molar-refractivity contribution >= 4 is 0 Å². The van der Waals surface area contributed by atoms with E-state index in [0.717, 1.165) is 47.9 Å². The molecule has 0 radical (unpaired) electrons. The van der Waals surface area contributed by atoms with Gasteiger partial charge in [0.1, 0.15) is 0 Å². The molecule has 36 heavy (non-hydrogen) atoms. The number of hydrogen-bond donors (Lipinski definition) is 0. The van der Waals surface area contributed by atoms with Crippen LogP contribution in [0.3, 0.4) is 0 Å². The maximum absolute atomic E-state index is 6.36. The largest absolute Gasteiger partial charge is 0.488 e. The smallest absolute Gasteiger partial charge is 0.178 e. The van der Waals surface area contributed by atoms with Gasteiger partial charge in [-0.2, -0.15) is 0 Å². The molecule has 0 bridgehead atoms. The molecule has 1 aromatic carbocycles. The normalized spacial score (nSPS) is 10.1. The van der Waals surface area contributed by atoms with Gasteiger partial charge in [-0.1, -0.05) is 76.1 Å². The Morgan fingerprint density at radius 2 is 0.944 bits per heavy atom. The number of rotatable bonds is 12. The zero-order valence-electron chi connectivity index (χ0n) is 21.6. The van der Waals surface area contributed by atoms with Gasteiger partial charge >= 0.3 is 0 Å². The number of hydrogen-bond acceptors (Lipinski definition) is 4. The topological polar surface area (TPSA) is 44.2 Å². The van der Waals surface area contributed by atoms with Crippen LogP contribution in [-0.2, 0) is 0 Å². The van der Waals surface area contributed by atoms with Crippen LogP contribution in [0.25, 0.3) is 0 Å². The molecule has 186 valence electrons. The predicted octanol–water partition coefficient (Wildman–Crippen LogP) is 7.19. The molecular formula is C32H36N2O2. The van der Waals surface area contributed by atoms with E-state index in [1.165, 1.54) is 25.7 Å². The van der Waals surface area contributed by atoms with Crippen molar-refractivity contribution in [2.45, 2.75) is 65.2 Å². The summed E-state index contributed by atoms with van der Waals surface area (Å²) >= 11 is 0. The molecular weight excluding hydrogens is 444 g/mol. The Morgan fingerprint density at radius 1 is 0.528 bits per heavy atom. The first-order valence-corrected chi connectivity index (χ1v) is 13.1. The molecule has 0 fully saturated rings. The van der Waals surface area contributed by atoms with E-state index < -0.39 is 0 Å². The van der Waals surface area contributed by atoms with Crippen LogP contribution >= 0.6 is 0 Å². The van der Waals surface area contributed by atoms with E-state index >= 15 is 0 Å². The first kappa shape index (κ1) is 26.8. The highest BCUT2D eigenvalue weighted by Crippen LogP contribution is 2.35. The second kappa shape index (κ2) is 16.0. The fourth-order valence-electron chi connectivity index (χ4n) is 3.60. The van der Waals surface area contributed by atoms with Gasteiger partial charge in [0.05, 0.1) is 24.3 Å². The Bertz CT molecular complexity index is 1070. The van der Waals surface area contributed by atoms with Crippen LogP contribution in [0.1, 0.15) is 87.5 Å². The van der Waals surface area contributed by atoms with Gasteiger partial charge in [-0.3, -0.25) is 9.97 Å². The molecule has 4 nitrogen and oxygen atoms in total. The van der Waals surface area contributed by atoms with Crippen molar-refractivity contribution < 1.29 is 9.47 Å². The van der Waals surface area contributed by atoms with Gasteiger partial charge in [0.15, 0.2) is 11.5 Å². The fourth-order valence-corrected chi connectivity index (χ4v) is 3.60. The summed E-state index contributed by atoms with van der Waals surface area (Å²) < 4.78 is 12.7. The number of benzene rings is 1. The maximum atomic E-state index is 6.36. The van der Waals surface area contributed by atoms with E-state index in [2.05, 4.69) is 47.5 Å². The Morgan fingerprint density at radius 3 is 1.33 bits per heavy atom. The summed E-state index contributed by atoms with van der Waals surface area (Å²) in [7, 11) is 0. The Kier molecular flexibility index (Phi) is 11.9. The second-order valence-electron chi connectivity index (χ2n) is 8.61. The number of unbranched alkanes of at least 4 members (excludes halogenated alkanes) is 6. The molecule has 4 heteroatoms. The van der Waals surface area contributed by atoms with Gasteiger partial charge in [-0.25, -0.2) is 0 Å². The Balaban J connectivity index is 1.96. The van der Waals surface area contributed by atoms with Crippen LogP contribution in [0.4, 0.5) is 0 Å². The van der Waals surface area contributed by atoms with Crippen molar-refractivity contribution in [3.8, 4) is 35.2 Å². The van der Waals surface area contributed by atoms with Crippen molar-refractivity contribution in [3.05, 3.63) is 83.4 Å². The molecule has 0 saturated carbocycles. The zero-order valence-corrected chi connectivity index (χ0v) is 21.6. The summed E-state index contributed by atoms with van der Waals surface area (Å²) in [5.41, 5.74) is 3.42. The van der Waals surface area contributed by atoms with Crippen molar-refractivity contribution in [1.29, 1.82) is 0 Å². The molecule has 3 rings (SSSR count). The average Bonchev–Trinajstić information content (AvgIpc) is 2.92. The molecule has 0 saturated heterocycles. The molecule has 0 spiro atoms. The van der Waals surface area contributed by atoms with Crippen LogP contribution in [0.5, 0.6) is 11.5 Å². The lowest BCUT2D eigenvalue weighted by molar-refractivity contribution is 0.258. The fraction of sp³-hybridized carbons (Fsp3) is 0.375. The van der Waals surface area contributed by atoms with Crippen LogP contribution in [0.2, 0.25) is 0 Å². The number of nitrogens with zero attached hydrogens (tertiary/aromatic N) is 2. The van der Waals surface area contributed by atoms with Gasteiger partial charge in [0.2, 0.25) is 0 Å². The second-order valence-corrected chi connectivity index (χ2v) is 8.61. The predicted molar refractivity (Wildman–Crippen MR) is 146 cm³/mol. The lowest BCUT2D eigenvalue weighted by atomic mass is 10.1. The third-order valence-corrected chi connectivity index (χ3v) is 5.64. The standard InChI is InChI=1S/C32H36N2O2/c1-3-5-7-9-25-35-31-29(13-11-27-17-21-33-22-18-27)15-16-30(14-12-28-19-23-34-24-20-28)32(31)36-26-10-8-6-4-2/h15-24H,3-10,25-26H2,1-2H3. The molecule has 0 N–H and O–H groups in total. The summed E-state index contributed by atoms with van der Waals surface area (Å²) in [6.45, 7) is 5.67. The van der Waals surface area contributed by atoms with E-state index in [1.54, 1.807) is 24.8 Å². The van der Waals surface area contributed by atoms with Gasteiger partial charge in [0.25, 0.3) is 0 Å². The van der Waals surface area contributed by atoms with E-state index in [4.69, 9.17) is 9.47 Å². The zero-order chi connectivity index (χ0) is 25.3. The van der Waals surface area contributed by atoms with E-state index in [9.17, 15) is 0 Å². The highest BCUT2D eigenvalue weighted by atomic mass is 16.5. The third kappa shape index (κ3) is 9.12. The lowest BCUT2D eigenvalue weighted by Crippen LogP contribution is -2.06. The molecule has 0 aliphatic rings. The monoisotopic (exact) mass is 480 g/mol. The quantitative estimate of drug-likeness (QED) is 0.203. The number of aromatic nitrogens is 2. The third-order valence-electron chi connectivity index (χ3n) is 5.64. The molecule has 2 heterocycles. The Labute approximate surface area is 216 Å². The lowest BCUT2D eigenvalue weighted by Gasteiger charge is -2.16. The van der Waals surface area contributed by atoms with Crippen LogP contribution in [0, 0.1) is 23.7 Å². The summed E-state index contributed by atoms with van der Waals surface area (Å²) in [4.78, 5) is 8.15. The highest BCUT2D eigenvalue weighted by molar-refractivity contribution is 5.63. The van der Waals surface area contributed by atoms with Gasteiger partial charge in [-0.05, 0) is 49.2 Å². The molecule has 0 atom stereocenters. The number of pyridine rings is 2. The summed E-state index contributed by atoms with van der Waals surface area (Å²) in [5.74, 6) is 14.4. The summed E-state index contributed by atoms with van der Waals surface area (Å²) in [6, 6.07) is 11.6. The van der Waals surface area contributed by atoms with Crippen LogP contribution < -0.4 is 9.47 Å². The SMILES string of the molecule is CCCCCCOc1c(C#Cc2ccncc2)ccc(C#Cc2ccncc2)c1OCCCCCC. The highest BCUT2D eigenvalue weighted by Gasteiger charge is 2.15. The molecule has 3 aromatic rings. The van der Waals surface area contributed by atoms with E-state index in [-0.39, 0.29) is 0 Å². The average molecular weight is 481 g/mol. The van der Waals surface area contributed by atoms with Crippen molar-refractivity contribution in [2.24, 2.45) is 0 Å². The van der Waals surface area contributed by atoms with Crippen LogP contribution in [-0.4, -0.2) is 23.2 Å². The first-order valence-electron chi connectivity index (χ1n) is 13.1. The van der Waals surface area contributed by atoms with E-state index in [1.807, 2.05) is 36.4 Å². The maximum Gasteiger partial charge on any atom is 0.178 e. The molecule has 0 amide bonds. The molecule has 0 unspecified atom stereocenters. The van der Waals surface area contributed by atoms with Gasteiger partial charge in [-0.15, -0.1) is 0 Å². The molecule has 0 aliphatic carbocycles. The molecule has 2 aromatic heterocycles. The van der Waals surface area contributed by atoms with Crippen molar-refractivity contribution in [3.63, 3.8) is 0 Å².